The molecule has 1 atom stereocenters. The normalized spacial score (nSPS) is 13.1. The van der Waals surface area contributed by atoms with Crippen molar-refractivity contribution in [1.82, 2.24) is 0 Å². The third kappa shape index (κ3) is 1.68. The van der Waals surface area contributed by atoms with E-state index < -0.39 is 5.50 Å². The zero-order chi connectivity index (χ0) is 11.0. The summed E-state index contributed by atoms with van der Waals surface area (Å²) in [5, 5.41) is 4.07. The Morgan fingerprint density at radius 1 is 1.47 bits per heavy atom. The van der Waals surface area contributed by atoms with E-state index in [2.05, 4.69) is 5.32 Å². The fourth-order valence-electron chi connectivity index (χ4n) is 1.67. The minimum atomic E-state index is -0.625. The molecule has 2 aromatic rings. The molecule has 4 heteroatoms. The number of nitrogens with one attached hydrogen (secondary N) is 1. The van der Waals surface area contributed by atoms with Crippen LogP contribution in [0.3, 0.4) is 0 Å². The first-order valence-electron chi connectivity index (χ1n) is 4.74. The van der Waals surface area contributed by atoms with E-state index in [-0.39, 0.29) is 0 Å². The van der Waals surface area contributed by atoms with E-state index in [0.29, 0.717) is 5.76 Å². The molecule has 0 aliphatic carbocycles. The molecule has 1 heterocycles. The molecule has 0 amide bonds. The van der Waals surface area contributed by atoms with Crippen molar-refractivity contribution in [3.8, 4) is 0 Å². The summed E-state index contributed by atoms with van der Waals surface area (Å²) in [6, 6.07) is 6.00. The highest BCUT2D eigenvalue weighted by Gasteiger charge is 2.17. The Morgan fingerprint density at radius 3 is 2.80 bits per heavy atom. The fourth-order valence-corrected chi connectivity index (χ4v) is 1.83. The van der Waals surface area contributed by atoms with Crippen LogP contribution >= 0.6 is 11.6 Å². The first-order valence-corrected chi connectivity index (χ1v) is 5.17. The lowest BCUT2D eigenvalue weighted by Crippen LogP contribution is -2.03. The lowest BCUT2D eigenvalue weighted by atomic mass is 10.1. The molecular formula is C11H13ClN2O. The number of halogens is 1. The van der Waals surface area contributed by atoms with Crippen molar-refractivity contribution in [3.05, 3.63) is 29.5 Å². The van der Waals surface area contributed by atoms with Gasteiger partial charge in [0.2, 0.25) is 0 Å². The fraction of sp³-hybridized carbons (Fsp3) is 0.273. The number of alkyl halides is 1. The van der Waals surface area contributed by atoms with Gasteiger partial charge in [-0.05, 0) is 24.6 Å². The summed E-state index contributed by atoms with van der Waals surface area (Å²) < 4.78 is 5.61. The van der Waals surface area contributed by atoms with Gasteiger partial charge in [0.15, 0.2) is 5.76 Å². The molecule has 3 nitrogen and oxygen atoms in total. The van der Waals surface area contributed by atoms with E-state index in [4.69, 9.17) is 21.8 Å². The number of furan rings is 1. The van der Waals surface area contributed by atoms with Gasteiger partial charge >= 0.3 is 0 Å². The average Bonchev–Trinajstić information content (AvgIpc) is 2.55. The molecule has 0 aliphatic heterocycles. The largest absolute Gasteiger partial charge is 0.456 e. The molecule has 2 rings (SSSR count). The molecule has 3 N–H and O–H groups in total. The van der Waals surface area contributed by atoms with E-state index in [0.717, 1.165) is 22.2 Å². The van der Waals surface area contributed by atoms with Gasteiger partial charge in [0, 0.05) is 12.4 Å². The number of hydrogen-bond acceptors (Lipinski definition) is 3. The van der Waals surface area contributed by atoms with Gasteiger partial charge in [-0.1, -0.05) is 17.7 Å². The minimum absolute atomic E-state index is 0.583. The van der Waals surface area contributed by atoms with Crippen LogP contribution in [-0.4, -0.2) is 7.05 Å². The van der Waals surface area contributed by atoms with Crippen molar-refractivity contribution >= 4 is 28.3 Å². The lowest BCUT2D eigenvalue weighted by Gasteiger charge is -2.02. The first kappa shape index (κ1) is 10.3. The van der Waals surface area contributed by atoms with Crippen LogP contribution in [0.5, 0.6) is 0 Å². The van der Waals surface area contributed by atoms with E-state index in [1.165, 1.54) is 0 Å². The van der Waals surface area contributed by atoms with E-state index in [1.807, 2.05) is 32.2 Å². The van der Waals surface area contributed by atoms with Crippen LogP contribution in [0.2, 0.25) is 0 Å². The van der Waals surface area contributed by atoms with Gasteiger partial charge in [-0.2, -0.15) is 0 Å². The summed E-state index contributed by atoms with van der Waals surface area (Å²) in [6.45, 7) is 2.02. The van der Waals surface area contributed by atoms with Crippen LogP contribution in [0.4, 0.5) is 5.69 Å². The van der Waals surface area contributed by atoms with Crippen molar-refractivity contribution < 1.29 is 4.42 Å². The van der Waals surface area contributed by atoms with Crippen molar-refractivity contribution in [2.75, 3.05) is 12.4 Å². The molecule has 0 fully saturated rings. The SMILES string of the molecule is CNc1c(C(N)Cl)oc2cc(C)ccc12. The minimum Gasteiger partial charge on any atom is -0.456 e. The Bertz CT molecular complexity index is 491. The highest BCUT2D eigenvalue weighted by Crippen LogP contribution is 2.35. The number of hydrogen-bond donors (Lipinski definition) is 2. The summed E-state index contributed by atoms with van der Waals surface area (Å²) >= 11 is 5.84. The van der Waals surface area contributed by atoms with Gasteiger partial charge in [0.05, 0.1) is 5.69 Å². The smallest absolute Gasteiger partial charge is 0.160 e. The molecule has 80 valence electrons. The van der Waals surface area contributed by atoms with E-state index in [1.54, 1.807) is 0 Å². The maximum atomic E-state index is 5.84. The molecule has 0 radical (unpaired) electrons. The Labute approximate surface area is 93.2 Å². The zero-order valence-electron chi connectivity index (χ0n) is 8.67. The predicted octanol–water partition coefficient (Wildman–Crippen LogP) is 2.98. The zero-order valence-corrected chi connectivity index (χ0v) is 9.43. The number of aryl methyl sites for hydroxylation is 1. The van der Waals surface area contributed by atoms with Crippen molar-refractivity contribution in [2.24, 2.45) is 5.73 Å². The molecule has 15 heavy (non-hydrogen) atoms. The third-order valence-corrected chi connectivity index (χ3v) is 2.57. The number of rotatable bonds is 2. The van der Waals surface area contributed by atoms with Crippen LogP contribution in [0.1, 0.15) is 16.8 Å². The van der Waals surface area contributed by atoms with Crippen LogP contribution < -0.4 is 11.1 Å². The van der Waals surface area contributed by atoms with Gasteiger partial charge in [-0.15, -0.1) is 0 Å². The summed E-state index contributed by atoms with van der Waals surface area (Å²) in [5.41, 5.74) is 7.82. The maximum absolute atomic E-state index is 5.84. The maximum Gasteiger partial charge on any atom is 0.160 e. The monoisotopic (exact) mass is 224 g/mol. The molecule has 1 unspecified atom stereocenters. The molecule has 0 spiro atoms. The third-order valence-electron chi connectivity index (χ3n) is 2.37. The lowest BCUT2D eigenvalue weighted by molar-refractivity contribution is 0.547. The van der Waals surface area contributed by atoms with Crippen LogP contribution in [0, 0.1) is 6.92 Å². The first-order chi connectivity index (χ1) is 7.13. The van der Waals surface area contributed by atoms with Crippen LogP contribution in [0.25, 0.3) is 11.0 Å². The van der Waals surface area contributed by atoms with Gasteiger partial charge in [-0.3, -0.25) is 0 Å². The van der Waals surface area contributed by atoms with E-state index in [9.17, 15) is 0 Å². The van der Waals surface area contributed by atoms with Crippen molar-refractivity contribution in [1.29, 1.82) is 0 Å². The number of nitrogens with two attached hydrogens (primary N) is 1. The molecule has 0 saturated carbocycles. The molecule has 1 aromatic heterocycles. The Balaban J connectivity index is 2.73. The van der Waals surface area contributed by atoms with Crippen LogP contribution in [-0.2, 0) is 0 Å². The Morgan fingerprint density at radius 2 is 2.20 bits per heavy atom. The summed E-state index contributed by atoms with van der Waals surface area (Å²) in [5.74, 6) is 0.583. The van der Waals surface area contributed by atoms with Crippen molar-refractivity contribution in [2.45, 2.75) is 12.4 Å². The van der Waals surface area contributed by atoms with Crippen LogP contribution in [0.15, 0.2) is 22.6 Å². The summed E-state index contributed by atoms with van der Waals surface area (Å²) in [7, 11) is 1.83. The highest BCUT2D eigenvalue weighted by atomic mass is 35.5. The summed E-state index contributed by atoms with van der Waals surface area (Å²) in [4.78, 5) is 0. The molecule has 1 aromatic carbocycles. The Hall–Kier alpha value is -1.19. The second-order valence-corrected chi connectivity index (χ2v) is 3.96. The van der Waals surface area contributed by atoms with Gasteiger partial charge in [0.25, 0.3) is 0 Å². The van der Waals surface area contributed by atoms with Gasteiger partial charge in [-0.25, -0.2) is 0 Å². The predicted molar refractivity (Wildman–Crippen MR) is 63.3 cm³/mol. The second kappa shape index (κ2) is 3.76. The number of benzene rings is 1. The van der Waals surface area contributed by atoms with E-state index >= 15 is 0 Å². The van der Waals surface area contributed by atoms with Gasteiger partial charge in [0.1, 0.15) is 11.1 Å². The topological polar surface area (TPSA) is 51.2 Å². The van der Waals surface area contributed by atoms with Crippen molar-refractivity contribution in [3.63, 3.8) is 0 Å². The number of fused-ring (bicyclic) bond motifs is 1. The molecule has 0 bridgehead atoms. The molecule has 0 aliphatic rings. The second-order valence-electron chi connectivity index (χ2n) is 3.49. The quantitative estimate of drug-likeness (QED) is 0.609. The molecule has 0 saturated heterocycles. The Kier molecular flexibility index (Phi) is 2.59. The number of anilines is 1. The average molecular weight is 225 g/mol. The van der Waals surface area contributed by atoms with Gasteiger partial charge < -0.3 is 15.5 Å². The summed E-state index contributed by atoms with van der Waals surface area (Å²) in [6.07, 6.45) is 0. The standard InChI is InChI=1S/C11H13ClN2O/c1-6-3-4-7-8(5-6)15-10(11(12)13)9(7)14-2/h3-5,11,14H,13H2,1-2H3. The molecular weight excluding hydrogens is 212 g/mol. The highest BCUT2D eigenvalue weighted by molar-refractivity contribution is 6.21.